The zero-order valence-electron chi connectivity index (χ0n) is 32.7. The number of anilines is 2. The molecule has 0 bridgehead atoms. The van der Waals surface area contributed by atoms with Crippen molar-refractivity contribution in [1.29, 1.82) is 0 Å². The molecular formula is C42H52F2N8O4. The van der Waals surface area contributed by atoms with Crippen molar-refractivity contribution in [3.8, 4) is 11.8 Å². The highest BCUT2D eigenvalue weighted by molar-refractivity contribution is 5.98. The number of halogens is 2. The second-order valence-electron chi connectivity index (χ2n) is 16.3. The molecule has 12 nitrogen and oxygen atoms in total. The molecule has 3 fully saturated rings. The number of nitrogens with zero attached hydrogens (tertiary/aromatic N) is 8. The summed E-state index contributed by atoms with van der Waals surface area (Å²) in [5.74, 6) is 1.20. The lowest BCUT2D eigenvalue weighted by atomic mass is 9.95. The number of amides is 1. The average Bonchev–Trinajstić information content (AvgIpc) is 3.77. The molecule has 14 heteroatoms. The van der Waals surface area contributed by atoms with Crippen LogP contribution in [0, 0.1) is 5.82 Å². The van der Waals surface area contributed by atoms with E-state index in [1.807, 2.05) is 47.8 Å². The Hall–Kier alpha value is -4.56. The maximum Gasteiger partial charge on any atom is 0.318 e. The standard InChI is InChI=1S/C42H52F2N8O4/c1-4-32-34(44)11-8-27-18-31(56-26-54-3)20-37(38(27)32)49-17-12-33-36(24-49)45-41(55-25-42-13-7-15-51(42)22-28(43)21-42)46-39(33)50-14-5-6-16-52-30(23-50)19-35(47-52)40(53)48(2)29-9-10-29/h8,11,18-20,28-29H,4-7,9-10,12-17,21-26H2,1-3H3/t28-,42+/m1/s1. The number of aryl methyl sites for hydroxylation is 2. The zero-order chi connectivity index (χ0) is 38.6. The zero-order valence-corrected chi connectivity index (χ0v) is 32.7. The summed E-state index contributed by atoms with van der Waals surface area (Å²) >= 11 is 0. The van der Waals surface area contributed by atoms with E-state index < -0.39 is 6.17 Å². The third kappa shape index (κ3) is 6.92. The van der Waals surface area contributed by atoms with E-state index in [4.69, 9.17) is 29.3 Å². The first-order chi connectivity index (χ1) is 27.2. The fourth-order valence-corrected chi connectivity index (χ4v) is 9.55. The monoisotopic (exact) mass is 770 g/mol. The van der Waals surface area contributed by atoms with Crippen molar-refractivity contribution in [2.75, 3.05) is 63.5 Å². The largest absolute Gasteiger partial charge is 0.467 e. The number of carbonyl (C=O) groups is 1. The molecule has 298 valence electrons. The molecule has 6 heterocycles. The highest BCUT2D eigenvalue weighted by Gasteiger charge is 2.49. The van der Waals surface area contributed by atoms with Gasteiger partial charge in [0.05, 0.1) is 30.0 Å². The molecule has 2 atom stereocenters. The van der Waals surface area contributed by atoms with Crippen molar-refractivity contribution in [2.24, 2.45) is 0 Å². The summed E-state index contributed by atoms with van der Waals surface area (Å²) in [7, 11) is 3.46. The average molecular weight is 771 g/mol. The Balaban J connectivity index is 1.09. The van der Waals surface area contributed by atoms with E-state index in [-0.39, 0.29) is 30.1 Å². The molecule has 2 aromatic heterocycles. The third-order valence-corrected chi connectivity index (χ3v) is 12.6. The molecular weight excluding hydrogens is 719 g/mol. The van der Waals surface area contributed by atoms with Gasteiger partial charge in [-0.1, -0.05) is 13.0 Å². The number of aromatic nitrogens is 4. The van der Waals surface area contributed by atoms with Crippen LogP contribution in [0.25, 0.3) is 10.8 Å². The van der Waals surface area contributed by atoms with Gasteiger partial charge in [-0.15, -0.1) is 0 Å². The van der Waals surface area contributed by atoms with Gasteiger partial charge in [0.1, 0.15) is 30.2 Å². The summed E-state index contributed by atoms with van der Waals surface area (Å²) in [6.07, 6.45) is 6.60. The van der Waals surface area contributed by atoms with Crippen molar-refractivity contribution in [3.05, 3.63) is 64.4 Å². The maximum absolute atomic E-state index is 15.4. The molecule has 1 aliphatic carbocycles. The Morgan fingerprint density at radius 1 is 1.02 bits per heavy atom. The smallest absolute Gasteiger partial charge is 0.318 e. The van der Waals surface area contributed by atoms with Crippen LogP contribution >= 0.6 is 0 Å². The molecule has 0 radical (unpaired) electrons. The predicted molar refractivity (Wildman–Crippen MR) is 209 cm³/mol. The Bertz CT molecular complexity index is 2130. The number of ether oxygens (including phenoxy) is 3. The first kappa shape index (κ1) is 37.0. The summed E-state index contributed by atoms with van der Waals surface area (Å²) in [6.45, 7) is 6.87. The van der Waals surface area contributed by atoms with Crippen molar-refractivity contribution >= 4 is 28.2 Å². The number of methoxy groups -OCH3 is 1. The molecule has 9 rings (SSSR count). The number of fused-ring (bicyclic) bond motifs is 4. The maximum atomic E-state index is 15.4. The van der Waals surface area contributed by atoms with Crippen LogP contribution in [0.3, 0.4) is 0 Å². The second-order valence-corrected chi connectivity index (χ2v) is 16.3. The van der Waals surface area contributed by atoms with E-state index >= 15 is 4.39 Å². The summed E-state index contributed by atoms with van der Waals surface area (Å²) in [5.41, 5.74) is 4.53. The van der Waals surface area contributed by atoms with Gasteiger partial charge in [-0.2, -0.15) is 15.1 Å². The molecule has 0 unspecified atom stereocenters. The lowest BCUT2D eigenvalue weighted by Gasteiger charge is -2.35. The fourth-order valence-electron chi connectivity index (χ4n) is 9.55. The fraction of sp³-hybridized carbons (Fsp3) is 0.571. The molecule has 0 spiro atoms. The molecule has 0 N–H and O–H groups in total. The van der Waals surface area contributed by atoms with E-state index in [2.05, 4.69) is 14.7 Å². The summed E-state index contributed by atoms with van der Waals surface area (Å²) < 4.78 is 49.8. The highest BCUT2D eigenvalue weighted by atomic mass is 19.1. The lowest BCUT2D eigenvalue weighted by Crippen LogP contribution is -2.43. The van der Waals surface area contributed by atoms with Crippen molar-refractivity contribution in [1.82, 2.24) is 29.5 Å². The van der Waals surface area contributed by atoms with Crippen LogP contribution in [0.2, 0.25) is 0 Å². The minimum Gasteiger partial charge on any atom is -0.467 e. The van der Waals surface area contributed by atoms with E-state index in [0.29, 0.717) is 75.1 Å². The minimum atomic E-state index is -0.865. The number of alkyl halides is 1. The van der Waals surface area contributed by atoms with E-state index in [1.54, 1.807) is 7.11 Å². The summed E-state index contributed by atoms with van der Waals surface area (Å²) in [6, 6.07) is 9.78. The first-order valence-electron chi connectivity index (χ1n) is 20.4. The quantitative estimate of drug-likeness (QED) is 0.167. The van der Waals surface area contributed by atoms with Crippen LogP contribution in [0.1, 0.15) is 84.9 Å². The van der Waals surface area contributed by atoms with Gasteiger partial charge in [0.15, 0.2) is 12.5 Å². The Labute approximate surface area is 326 Å². The van der Waals surface area contributed by atoms with Crippen LogP contribution in [0.5, 0.6) is 11.8 Å². The molecule has 56 heavy (non-hydrogen) atoms. The SMILES string of the molecule is CCc1c(F)ccc2cc(OCOC)cc(N3CCc4c(nc(OC[C@@]56CCCN5C[C@H](F)C6)nc4N4CCCCn5nc(C(=O)N(C)C6CC6)cc5C4)C3)c12. The lowest BCUT2D eigenvalue weighted by molar-refractivity contribution is 0.0512. The number of rotatable bonds is 11. The van der Waals surface area contributed by atoms with E-state index in [9.17, 15) is 9.18 Å². The highest BCUT2D eigenvalue weighted by Crippen LogP contribution is 2.42. The van der Waals surface area contributed by atoms with E-state index in [1.165, 1.54) is 6.07 Å². The van der Waals surface area contributed by atoms with Gasteiger partial charge in [0.2, 0.25) is 0 Å². The molecule has 2 aromatic carbocycles. The van der Waals surface area contributed by atoms with Gasteiger partial charge >= 0.3 is 6.01 Å². The van der Waals surface area contributed by atoms with Gasteiger partial charge < -0.3 is 28.9 Å². The molecule has 4 aliphatic heterocycles. The van der Waals surface area contributed by atoms with Crippen LogP contribution in [0.4, 0.5) is 20.3 Å². The number of hydrogen-bond acceptors (Lipinski definition) is 10. The molecule has 1 amide bonds. The van der Waals surface area contributed by atoms with Crippen LogP contribution in [0.15, 0.2) is 30.3 Å². The van der Waals surface area contributed by atoms with E-state index in [0.717, 1.165) is 97.4 Å². The van der Waals surface area contributed by atoms with Gasteiger partial charge in [-0.3, -0.25) is 14.4 Å². The topological polar surface area (TPSA) is 101 Å². The van der Waals surface area contributed by atoms with Gasteiger partial charge in [-0.25, -0.2) is 8.78 Å². The Morgan fingerprint density at radius 2 is 1.88 bits per heavy atom. The minimum absolute atomic E-state index is 0.0356. The first-order valence-corrected chi connectivity index (χ1v) is 20.4. The Kier molecular flexibility index (Phi) is 9.97. The molecule has 2 saturated heterocycles. The van der Waals surface area contributed by atoms with Gasteiger partial charge in [0.25, 0.3) is 5.91 Å². The van der Waals surface area contributed by atoms with Gasteiger partial charge in [0, 0.05) is 75.5 Å². The van der Waals surface area contributed by atoms with Crippen molar-refractivity contribution in [3.63, 3.8) is 0 Å². The predicted octanol–water partition coefficient (Wildman–Crippen LogP) is 6.06. The Morgan fingerprint density at radius 3 is 2.70 bits per heavy atom. The van der Waals surface area contributed by atoms with Crippen molar-refractivity contribution in [2.45, 2.75) is 102 Å². The molecule has 4 aromatic rings. The van der Waals surface area contributed by atoms with Crippen LogP contribution < -0.4 is 19.3 Å². The normalized spacial score (nSPS) is 22.4. The summed E-state index contributed by atoms with van der Waals surface area (Å²) in [5, 5.41) is 6.55. The number of carbonyl (C=O) groups excluding carboxylic acids is 1. The van der Waals surface area contributed by atoms with Crippen LogP contribution in [-0.4, -0.2) is 107 Å². The van der Waals surface area contributed by atoms with Crippen molar-refractivity contribution < 1.29 is 27.8 Å². The number of hydrogen-bond donors (Lipinski definition) is 0. The number of benzene rings is 2. The van der Waals surface area contributed by atoms with Gasteiger partial charge in [-0.05, 0) is 87.1 Å². The molecule has 5 aliphatic rings. The molecule has 1 saturated carbocycles. The third-order valence-electron chi connectivity index (χ3n) is 12.6. The summed E-state index contributed by atoms with van der Waals surface area (Å²) in [4.78, 5) is 32.2. The van der Waals surface area contributed by atoms with Crippen LogP contribution in [-0.2, 0) is 37.2 Å². The second kappa shape index (κ2) is 15.1.